The van der Waals surface area contributed by atoms with E-state index in [1.165, 1.54) is 11.3 Å². The second kappa shape index (κ2) is 7.83. The van der Waals surface area contributed by atoms with Crippen molar-refractivity contribution in [2.45, 2.75) is 6.92 Å². The van der Waals surface area contributed by atoms with Gasteiger partial charge in [-0.2, -0.15) is 0 Å². The first-order valence-corrected chi connectivity index (χ1v) is 10.0. The first kappa shape index (κ1) is 18.8. The molecule has 8 heteroatoms. The molecule has 5 nitrogen and oxygen atoms in total. The average molecular weight is 431 g/mol. The molecule has 142 valence electrons. The lowest BCUT2D eigenvalue weighted by atomic mass is 10.2. The van der Waals surface area contributed by atoms with Crippen molar-refractivity contribution in [1.29, 1.82) is 0 Å². The van der Waals surface area contributed by atoms with E-state index in [1.54, 1.807) is 25.6 Å². The zero-order valence-electron chi connectivity index (χ0n) is 15.1. The maximum Gasteiger partial charge on any atom is 0.187 e. The molecular weight excluding hydrogens is 415 g/mol. The molecule has 2 aromatic heterocycles. The van der Waals surface area contributed by atoms with E-state index in [0.717, 1.165) is 39.2 Å². The Kier molecular flexibility index (Phi) is 5.26. The number of nitrogens with one attached hydrogen (secondary N) is 1. The molecular formula is C20H16Cl2N4OS. The molecule has 0 spiro atoms. The molecule has 0 atom stereocenters. The minimum atomic E-state index is 0.575. The van der Waals surface area contributed by atoms with Gasteiger partial charge in [0.15, 0.2) is 5.13 Å². The Morgan fingerprint density at radius 1 is 1.14 bits per heavy atom. The number of hydrogen-bond acceptors (Lipinski definition) is 5. The van der Waals surface area contributed by atoms with Crippen LogP contribution < -0.4 is 10.1 Å². The third kappa shape index (κ3) is 3.85. The van der Waals surface area contributed by atoms with Crippen molar-refractivity contribution in [3.05, 3.63) is 70.0 Å². The van der Waals surface area contributed by atoms with Crippen LogP contribution in [0.25, 0.3) is 16.9 Å². The maximum absolute atomic E-state index is 6.29. The lowest BCUT2D eigenvalue weighted by molar-refractivity contribution is 0.413. The Balaban J connectivity index is 1.59. The Morgan fingerprint density at radius 2 is 2.00 bits per heavy atom. The minimum Gasteiger partial charge on any atom is -0.494 e. The summed E-state index contributed by atoms with van der Waals surface area (Å²) in [6, 6.07) is 11.3. The molecule has 2 heterocycles. The summed E-state index contributed by atoms with van der Waals surface area (Å²) >= 11 is 13.8. The fraction of sp³-hybridized carbons (Fsp3) is 0.100. The highest BCUT2D eigenvalue weighted by atomic mass is 35.5. The molecule has 0 aliphatic carbocycles. The zero-order valence-corrected chi connectivity index (χ0v) is 17.4. The Bertz CT molecular complexity index is 1140. The largest absolute Gasteiger partial charge is 0.494 e. The van der Waals surface area contributed by atoms with E-state index in [2.05, 4.69) is 15.3 Å². The number of benzene rings is 2. The summed E-state index contributed by atoms with van der Waals surface area (Å²) in [5.41, 5.74) is 4.38. The maximum atomic E-state index is 6.29. The van der Waals surface area contributed by atoms with E-state index in [-0.39, 0.29) is 0 Å². The summed E-state index contributed by atoms with van der Waals surface area (Å²) in [4.78, 5) is 8.90. The van der Waals surface area contributed by atoms with Crippen LogP contribution in [0.1, 0.15) is 5.69 Å². The first-order chi connectivity index (χ1) is 13.5. The summed E-state index contributed by atoms with van der Waals surface area (Å²) in [5, 5.41) is 7.21. The monoisotopic (exact) mass is 430 g/mol. The number of anilines is 2. The van der Waals surface area contributed by atoms with Crippen molar-refractivity contribution in [3.63, 3.8) is 0 Å². The Hall–Kier alpha value is -2.54. The van der Waals surface area contributed by atoms with Gasteiger partial charge in [0.1, 0.15) is 5.75 Å². The van der Waals surface area contributed by atoms with Crippen LogP contribution in [0.5, 0.6) is 5.75 Å². The van der Waals surface area contributed by atoms with E-state index in [4.69, 9.17) is 27.9 Å². The molecule has 0 aliphatic rings. The van der Waals surface area contributed by atoms with Crippen molar-refractivity contribution in [2.24, 2.45) is 0 Å². The summed E-state index contributed by atoms with van der Waals surface area (Å²) < 4.78 is 7.49. The van der Waals surface area contributed by atoms with E-state index in [9.17, 15) is 0 Å². The number of hydrogen-bond donors (Lipinski definition) is 1. The van der Waals surface area contributed by atoms with Crippen LogP contribution >= 0.6 is 34.5 Å². The molecule has 0 saturated heterocycles. The number of methoxy groups -OCH3 is 1. The molecule has 0 aliphatic heterocycles. The number of ether oxygens (including phenoxy) is 1. The fourth-order valence-electron chi connectivity index (χ4n) is 2.80. The normalized spacial score (nSPS) is 10.9. The topological polar surface area (TPSA) is 52.0 Å². The molecule has 0 saturated carbocycles. The van der Waals surface area contributed by atoms with Gasteiger partial charge in [0.25, 0.3) is 0 Å². The van der Waals surface area contributed by atoms with Crippen LogP contribution in [-0.4, -0.2) is 21.6 Å². The second-order valence-electron chi connectivity index (χ2n) is 6.10. The zero-order chi connectivity index (χ0) is 19.7. The predicted octanol–water partition coefficient (Wildman–Crippen LogP) is 6.36. The van der Waals surface area contributed by atoms with Gasteiger partial charge in [-0.05, 0) is 37.3 Å². The number of thiazole rings is 1. The van der Waals surface area contributed by atoms with Crippen LogP contribution in [0.15, 0.2) is 54.3 Å². The number of aromatic nitrogens is 3. The van der Waals surface area contributed by atoms with E-state index in [1.807, 2.05) is 47.3 Å². The number of nitrogens with zero attached hydrogens (tertiary/aromatic N) is 3. The molecule has 0 bridgehead atoms. The van der Waals surface area contributed by atoms with E-state index >= 15 is 0 Å². The molecule has 1 N–H and O–H groups in total. The highest BCUT2D eigenvalue weighted by molar-refractivity contribution is 7.14. The van der Waals surface area contributed by atoms with Gasteiger partial charge in [0.2, 0.25) is 0 Å². The molecule has 4 aromatic rings. The third-order valence-electron chi connectivity index (χ3n) is 4.13. The minimum absolute atomic E-state index is 0.575. The molecule has 28 heavy (non-hydrogen) atoms. The van der Waals surface area contributed by atoms with Gasteiger partial charge in [-0.1, -0.05) is 23.2 Å². The van der Waals surface area contributed by atoms with Gasteiger partial charge < -0.3 is 14.6 Å². The molecule has 4 rings (SSSR count). The summed E-state index contributed by atoms with van der Waals surface area (Å²) in [5.74, 6) is 0.736. The van der Waals surface area contributed by atoms with Gasteiger partial charge in [-0.3, -0.25) is 0 Å². The molecule has 0 fully saturated rings. The number of aryl methyl sites for hydroxylation is 1. The number of rotatable bonds is 5. The lowest BCUT2D eigenvalue weighted by Crippen LogP contribution is -1.97. The molecule has 0 unspecified atom stereocenters. The highest BCUT2D eigenvalue weighted by Crippen LogP contribution is 2.34. The van der Waals surface area contributed by atoms with Crippen molar-refractivity contribution in [2.75, 3.05) is 12.4 Å². The van der Waals surface area contributed by atoms with Crippen LogP contribution in [0.2, 0.25) is 10.0 Å². The molecule has 2 aromatic carbocycles. The van der Waals surface area contributed by atoms with Gasteiger partial charge in [-0.25, -0.2) is 9.97 Å². The van der Waals surface area contributed by atoms with Crippen LogP contribution in [-0.2, 0) is 0 Å². The average Bonchev–Trinajstić information content (AvgIpc) is 3.31. The van der Waals surface area contributed by atoms with E-state index < -0.39 is 0 Å². The smallest absolute Gasteiger partial charge is 0.187 e. The van der Waals surface area contributed by atoms with Crippen molar-refractivity contribution < 1.29 is 4.74 Å². The lowest BCUT2D eigenvalue weighted by Gasteiger charge is -2.11. The summed E-state index contributed by atoms with van der Waals surface area (Å²) in [6.45, 7) is 1.95. The highest BCUT2D eigenvalue weighted by Gasteiger charge is 2.11. The Morgan fingerprint density at radius 3 is 2.71 bits per heavy atom. The van der Waals surface area contributed by atoms with Gasteiger partial charge in [0.05, 0.1) is 35.5 Å². The predicted molar refractivity (Wildman–Crippen MR) is 116 cm³/mol. The fourth-order valence-corrected chi connectivity index (χ4v) is 4.03. The van der Waals surface area contributed by atoms with E-state index in [0.29, 0.717) is 10.0 Å². The quantitative estimate of drug-likeness (QED) is 0.399. The van der Waals surface area contributed by atoms with Crippen LogP contribution in [0, 0.1) is 6.92 Å². The van der Waals surface area contributed by atoms with Gasteiger partial charge in [0, 0.05) is 33.9 Å². The summed E-state index contributed by atoms with van der Waals surface area (Å²) in [7, 11) is 1.65. The van der Waals surface area contributed by atoms with Crippen molar-refractivity contribution >= 4 is 45.4 Å². The van der Waals surface area contributed by atoms with Gasteiger partial charge >= 0.3 is 0 Å². The number of imidazole rings is 1. The van der Waals surface area contributed by atoms with Crippen LogP contribution in [0.3, 0.4) is 0 Å². The third-order valence-corrected chi connectivity index (χ3v) is 5.44. The summed E-state index contributed by atoms with van der Waals surface area (Å²) in [6.07, 6.45) is 3.72. The standard InChI is InChI=1S/C20H16Cl2N4OS/c1-12-9-26(11-23-12)18-6-4-14(8-19(18)27-2)24-20-25-17(10-28-20)15-5-3-13(21)7-16(15)22/h3-11H,1-2H3,(H,24,25). The van der Waals surface area contributed by atoms with Crippen molar-refractivity contribution in [3.8, 4) is 22.7 Å². The van der Waals surface area contributed by atoms with Gasteiger partial charge in [-0.15, -0.1) is 11.3 Å². The first-order valence-electron chi connectivity index (χ1n) is 8.40. The number of halogens is 2. The Labute approximate surface area is 176 Å². The molecule has 0 amide bonds. The second-order valence-corrected chi connectivity index (χ2v) is 7.80. The molecule has 0 radical (unpaired) electrons. The SMILES string of the molecule is COc1cc(Nc2nc(-c3ccc(Cl)cc3Cl)cs2)ccc1-n1cnc(C)c1. The van der Waals surface area contributed by atoms with Crippen LogP contribution in [0.4, 0.5) is 10.8 Å². The van der Waals surface area contributed by atoms with Crippen molar-refractivity contribution in [1.82, 2.24) is 14.5 Å².